The molecule has 1 saturated carbocycles. The minimum Gasteiger partial charge on any atom is -0.325 e. The summed E-state index contributed by atoms with van der Waals surface area (Å²) in [6, 6.07) is 0. The van der Waals surface area contributed by atoms with Gasteiger partial charge in [0.2, 0.25) is 0 Å². The van der Waals surface area contributed by atoms with E-state index in [4.69, 9.17) is 5.73 Å². The van der Waals surface area contributed by atoms with Crippen molar-refractivity contribution in [1.29, 1.82) is 0 Å². The highest BCUT2D eigenvalue weighted by Crippen LogP contribution is 2.31. The third-order valence-electron chi connectivity index (χ3n) is 2.88. The van der Waals surface area contributed by atoms with Crippen LogP contribution in [0.2, 0.25) is 0 Å². The van der Waals surface area contributed by atoms with E-state index in [-0.39, 0.29) is 5.54 Å². The van der Waals surface area contributed by atoms with Crippen molar-refractivity contribution >= 4 is 0 Å². The standard InChI is InChI=1S/C10H21N/c1-2-3-4-7-10(11)8-5-6-9-10/h2-9,11H2,1H3. The summed E-state index contributed by atoms with van der Waals surface area (Å²) in [7, 11) is 0. The lowest BCUT2D eigenvalue weighted by Gasteiger charge is -2.22. The largest absolute Gasteiger partial charge is 0.325 e. The van der Waals surface area contributed by atoms with E-state index in [0.717, 1.165) is 0 Å². The second-order valence-corrected chi connectivity index (χ2v) is 4.03. The van der Waals surface area contributed by atoms with Gasteiger partial charge in [-0.05, 0) is 19.3 Å². The molecule has 66 valence electrons. The Morgan fingerprint density at radius 3 is 2.36 bits per heavy atom. The predicted molar refractivity (Wildman–Crippen MR) is 49.5 cm³/mol. The molecule has 11 heavy (non-hydrogen) atoms. The molecule has 0 aromatic heterocycles. The summed E-state index contributed by atoms with van der Waals surface area (Å²) in [5.41, 5.74) is 6.45. The van der Waals surface area contributed by atoms with Crippen LogP contribution >= 0.6 is 0 Å². The van der Waals surface area contributed by atoms with E-state index in [0.29, 0.717) is 0 Å². The van der Waals surface area contributed by atoms with Gasteiger partial charge in [-0.3, -0.25) is 0 Å². The molecule has 0 radical (unpaired) electrons. The molecular formula is C10H21N. The SMILES string of the molecule is CCCCCC1(N)CCCC1. The van der Waals surface area contributed by atoms with Crippen LogP contribution in [0.3, 0.4) is 0 Å². The molecule has 0 aliphatic heterocycles. The lowest BCUT2D eigenvalue weighted by molar-refractivity contribution is 0.387. The second kappa shape index (κ2) is 4.10. The summed E-state index contributed by atoms with van der Waals surface area (Å²) < 4.78 is 0. The number of nitrogens with two attached hydrogens (primary N) is 1. The first-order valence-corrected chi connectivity index (χ1v) is 5.06. The summed E-state index contributed by atoms with van der Waals surface area (Å²) in [5, 5.41) is 0. The first-order chi connectivity index (χ1) is 5.27. The molecule has 1 fully saturated rings. The third-order valence-corrected chi connectivity index (χ3v) is 2.88. The van der Waals surface area contributed by atoms with Crippen LogP contribution in [-0.4, -0.2) is 5.54 Å². The highest BCUT2D eigenvalue weighted by atomic mass is 14.7. The van der Waals surface area contributed by atoms with Crippen LogP contribution in [0.25, 0.3) is 0 Å². The number of rotatable bonds is 4. The molecule has 0 bridgehead atoms. The van der Waals surface area contributed by atoms with Gasteiger partial charge in [-0.2, -0.15) is 0 Å². The molecule has 2 N–H and O–H groups in total. The smallest absolute Gasteiger partial charge is 0.0154 e. The molecule has 0 saturated heterocycles. The molecule has 1 aliphatic rings. The molecule has 0 aromatic rings. The van der Waals surface area contributed by atoms with Crippen molar-refractivity contribution in [2.75, 3.05) is 0 Å². The van der Waals surface area contributed by atoms with Crippen molar-refractivity contribution in [1.82, 2.24) is 0 Å². The molecule has 0 unspecified atom stereocenters. The van der Waals surface area contributed by atoms with Crippen LogP contribution in [0.4, 0.5) is 0 Å². The van der Waals surface area contributed by atoms with Crippen molar-refractivity contribution < 1.29 is 0 Å². The Bertz CT molecular complexity index is 103. The van der Waals surface area contributed by atoms with Gasteiger partial charge in [-0.1, -0.05) is 39.0 Å². The van der Waals surface area contributed by atoms with Gasteiger partial charge in [-0.25, -0.2) is 0 Å². The van der Waals surface area contributed by atoms with Crippen LogP contribution < -0.4 is 5.73 Å². The summed E-state index contributed by atoms with van der Waals surface area (Å²) in [4.78, 5) is 0. The van der Waals surface area contributed by atoms with E-state index in [1.54, 1.807) is 0 Å². The first kappa shape index (κ1) is 9.05. The van der Waals surface area contributed by atoms with Gasteiger partial charge in [0.25, 0.3) is 0 Å². The molecular weight excluding hydrogens is 134 g/mol. The Kier molecular flexibility index (Phi) is 3.38. The molecule has 1 rings (SSSR count). The Labute approximate surface area is 70.4 Å². The maximum absolute atomic E-state index is 6.20. The van der Waals surface area contributed by atoms with Gasteiger partial charge in [0.05, 0.1) is 0 Å². The van der Waals surface area contributed by atoms with E-state index in [1.165, 1.54) is 51.4 Å². The minimum atomic E-state index is 0.245. The maximum Gasteiger partial charge on any atom is 0.0154 e. The monoisotopic (exact) mass is 155 g/mol. The van der Waals surface area contributed by atoms with Crippen LogP contribution in [0, 0.1) is 0 Å². The molecule has 1 nitrogen and oxygen atoms in total. The van der Waals surface area contributed by atoms with Crippen molar-refractivity contribution in [3.05, 3.63) is 0 Å². The topological polar surface area (TPSA) is 26.0 Å². The van der Waals surface area contributed by atoms with Crippen molar-refractivity contribution in [2.45, 2.75) is 63.8 Å². The van der Waals surface area contributed by atoms with E-state index in [9.17, 15) is 0 Å². The Morgan fingerprint density at radius 1 is 1.18 bits per heavy atom. The zero-order valence-electron chi connectivity index (χ0n) is 7.73. The second-order valence-electron chi connectivity index (χ2n) is 4.03. The van der Waals surface area contributed by atoms with Gasteiger partial charge >= 0.3 is 0 Å². The summed E-state index contributed by atoms with van der Waals surface area (Å²) in [5.74, 6) is 0. The molecule has 0 atom stereocenters. The predicted octanol–water partition coefficient (Wildman–Crippen LogP) is 2.84. The molecule has 0 heterocycles. The summed E-state index contributed by atoms with van der Waals surface area (Å²) in [6.45, 7) is 2.25. The average Bonchev–Trinajstić information content (AvgIpc) is 2.38. The average molecular weight is 155 g/mol. The van der Waals surface area contributed by atoms with Gasteiger partial charge in [-0.15, -0.1) is 0 Å². The summed E-state index contributed by atoms with van der Waals surface area (Å²) in [6.07, 6.45) is 10.6. The minimum absolute atomic E-state index is 0.245. The Morgan fingerprint density at radius 2 is 1.82 bits per heavy atom. The molecule has 0 amide bonds. The van der Waals surface area contributed by atoms with Crippen LogP contribution in [0.15, 0.2) is 0 Å². The van der Waals surface area contributed by atoms with Gasteiger partial charge in [0, 0.05) is 5.54 Å². The van der Waals surface area contributed by atoms with E-state index in [2.05, 4.69) is 6.92 Å². The van der Waals surface area contributed by atoms with E-state index >= 15 is 0 Å². The highest BCUT2D eigenvalue weighted by molar-refractivity contribution is 4.88. The zero-order valence-corrected chi connectivity index (χ0v) is 7.73. The van der Waals surface area contributed by atoms with Crippen molar-refractivity contribution in [3.63, 3.8) is 0 Å². The van der Waals surface area contributed by atoms with Gasteiger partial charge in [0.15, 0.2) is 0 Å². The quantitative estimate of drug-likeness (QED) is 0.621. The Balaban J connectivity index is 2.13. The molecule has 1 aliphatic carbocycles. The maximum atomic E-state index is 6.20. The number of hydrogen-bond acceptors (Lipinski definition) is 1. The molecule has 0 spiro atoms. The number of hydrogen-bond donors (Lipinski definition) is 1. The van der Waals surface area contributed by atoms with Crippen LogP contribution in [-0.2, 0) is 0 Å². The van der Waals surface area contributed by atoms with Crippen LogP contribution in [0.5, 0.6) is 0 Å². The fraction of sp³-hybridized carbons (Fsp3) is 1.00. The number of unbranched alkanes of at least 4 members (excludes halogenated alkanes) is 2. The molecule has 0 aromatic carbocycles. The molecule has 1 heteroatoms. The summed E-state index contributed by atoms with van der Waals surface area (Å²) >= 11 is 0. The van der Waals surface area contributed by atoms with Gasteiger partial charge in [0.1, 0.15) is 0 Å². The highest BCUT2D eigenvalue weighted by Gasteiger charge is 2.27. The normalized spacial score (nSPS) is 22.4. The van der Waals surface area contributed by atoms with Gasteiger partial charge < -0.3 is 5.73 Å². The zero-order chi connectivity index (χ0) is 8.16. The Hall–Kier alpha value is -0.0400. The van der Waals surface area contributed by atoms with Crippen molar-refractivity contribution in [2.24, 2.45) is 5.73 Å². The van der Waals surface area contributed by atoms with E-state index in [1.807, 2.05) is 0 Å². The third kappa shape index (κ3) is 2.82. The first-order valence-electron chi connectivity index (χ1n) is 5.06. The van der Waals surface area contributed by atoms with Crippen molar-refractivity contribution in [3.8, 4) is 0 Å². The lowest BCUT2D eigenvalue weighted by Crippen LogP contribution is -2.35. The fourth-order valence-electron chi connectivity index (χ4n) is 2.06. The van der Waals surface area contributed by atoms with Crippen LogP contribution in [0.1, 0.15) is 58.3 Å². The fourth-order valence-corrected chi connectivity index (χ4v) is 2.06. The van der Waals surface area contributed by atoms with E-state index < -0.39 is 0 Å². The lowest BCUT2D eigenvalue weighted by atomic mass is 9.92.